The highest BCUT2D eigenvalue weighted by atomic mass is 16.4. The number of carboxylic acid groups (broad SMARTS) is 1. The summed E-state index contributed by atoms with van der Waals surface area (Å²) in [6.07, 6.45) is 2.32. The molecule has 2 aromatic rings. The average Bonchev–Trinajstić information content (AvgIpc) is 2.80. The monoisotopic (exact) mass is 216 g/mol. The van der Waals surface area contributed by atoms with Gasteiger partial charge in [-0.3, -0.25) is 4.79 Å². The summed E-state index contributed by atoms with van der Waals surface area (Å²) < 4.78 is 5.28. The van der Waals surface area contributed by atoms with Gasteiger partial charge in [-0.1, -0.05) is 18.2 Å². The minimum Gasteiger partial charge on any atom is -0.481 e. The number of carboxylic acids is 1. The highest BCUT2D eigenvalue weighted by Gasteiger charge is 2.03. The molecule has 0 unspecified atom stereocenters. The third-order valence-electron chi connectivity index (χ3n) is 2.36. The van der Waals surface area contributed by atoms with Gasteiger partial charge in [0.25, 0.3) is 0 Å². The Labute approximate surface area is 93.3 Å². The SMILES string of the molecule is O=C(O)CCc1cccc(-c2ccco2)c1. The third kappa shape index (κ3) is 2.51. The standard InChI is InChI=1S/C13H12O3/c14-13(15)7-6-10-3-1-4-11(9-10)12-5-2-8-16-12/h1-5,8-9H,6-7H2,(H,14,15). The van der Waals surface area contributed by atoms with Crippen molar-refractivity contribution in [2.24, 2.45) is 0 Å². The number of furan rings is 1. The molecule has 1 heterocycles. The van der Waals surface area contributed by atoms with Crippen LogP contribution in [0.5, 0.6) is 0 Å². The van der Waals surface area contributed by atoms with E-state index >= 15 is 0 Å². The maximum absolute atomic E-state index is 10.5. The van der Waals surface area contributed by atoms with Crippen molar-refractivity contribution in [3.05, 3.63) is 48.2 Å². The van der Waals surface area contributed by atoms with Crippen LogP contribution in [-0.2, 0) is 11.2 Å². The van der Waals surface area contributed by atoms with E-state index in [0.29, 0.717) is 6.42 Å². The Bertz CT molecular complexity index is 472. The summed E-state index contributed by atoms with van der Waals surface area (Å²) in [5.74, 6) is 0.0283. The summed E-state index contributed by atoms with van der Waals surface area (Å²) in [4.78, 5) is 10.5. The van der Waals surface area contributed by atoms with E-state index in [-0.39, 0.29) is 6.42 Å². The smallest absolute Gasteiger partial charge is 0.303 e. The molecule has 0 fully saturated rings. The second-order valence-electron chi connectivity index (χ2n) is 3.57. The van der Waals surface area contributed by atoms with Crippen molar-refractivity contribution in [1.82, 2.24) is 0 Å². The fourth-order valence-corrected chi connectivity index (χ4v) is 1.57. The van der Waals surface area contributed by atoms with Crippen LogP contribution < -0.4 is 0 Å². The predicted octanol–water partition coefficient (Wildman–Crippen LogP) is 2.96. The van der Waals surface area contributed by atoms with Gasteiger partial charge in [0.05, 0.1) is 6.26 Å². The van der Waals surface area contributed by atoms with E-state index in [2.05, 4.69) is 0 Å². The molecule has 0 aliphatic heterocycles. The summed E-state index contributed by atoms with van der Waals surface area (Å²) >= 11 is 0. The highest BCUT2D eigenvalue weighted by molar-refractivity contribution is 5.67. The number of hydrogen-bond donors (Lipinski definition) is 1. The molecule has 2 rings (SSSR count). The summed E-state index contributed by atoms with van der Waals surface area (Å²) in [6.45, 7) is 0. The molecular formula is C13H12O3. The van der Waals surface area contributed by atoms with Gasteiger partial charge in [-0.15, -0.1) is 0 Å². The van der Waals surface area contributed by atoms with Gasteiger partial charge in [-0.05, 0) is 30.2 Å². The maximum Gasteiger partial charge on any atom is 0.303 e. The number of carbonyl (C=O) groups is 1. The minimum absolute atomic E-state index is 0.154. The van der Waals surface area contributed by atoms with E-state index < -0.39 is 5.97 Å². The van der Waals surface area contributed by atoms with Crippen molar-refractivity contribution in [3.8, 4) is 11.3 Å². The van der Waals surface area contributed by atoms with Crippen molar-refractivity contribution >= 4 is 5.97 Å². The van der Waals surface area contributed by atoms with Crippen LogP contribution in [0.3, 0.4) is 0 Å². The van der Waals surface area contributed by atoms with Crippen molar-refractivity contribution in [2.75, 3.05) is 0 Å². The fourth-order valence-electron chi connectivity index (χ4n) is 1.57. The second-order valence-corrected chi connectivity index (χ2v) is 3.57. The molecule has 16 heavy (non-hydrogen) atoms. The molecule has 0 spiro atoms. The van der Waals surface area contributed by atoms with Crippen molar-refractivity contribution in [3.63, 3.8) is 0 Å². The van der Waals surface area contributed by atoms with E-state index in [9.17, 15) is 4.79 Å². The molecule has 1 aromatic carbocycles. The first kappa shape index (κ1) is 10.5. The molecule has 0 radical (unpaired) electrons. The molecule has 0 atom stereocenters. The Hall–Kier alpha value is -2.03. The molecule has 3 nitrogen and oxygen atoms in total. The lowest BCUT2D eigenvalue weighted by molar-refractivity contribution is -0.136. The first-order chi connectivity index (χ1) is 7.75. The lowest BCUT2D eigenvalue weighted by Gasteiger charge is -2.01. The van der Waals surface area contributed by atoms with Crippen molar-refractivity contribution in [2.45, 2.75) is 12.8 Å². The molecule has 0 aliphatic carbocycles. The third-order valence-corrected chi connectivity index (χ3v) is 2.36. The Balaban J connectivity index is 2.17. The molecule has 0 aliphatic rings. The van der Waals surface area contributed by atoms with Gasteiger partial charge in [0.2, 0.25) is 0 Å². The zero-order valence-corrected chi connectivity index (χ0v) is 8.72. The maximum atomic E-state index is 10.5. The molecule has 82 valence electrons. The van der Waals surface area contributed by atoms with Crippen LogP contribution in [0.1, 0.15) is 12.0 Å². The van der Waals surface area contributed by atoms with Gasteiger partial charge in [-0.2, -0.15) is 0 Å². The first-order valence-corrected chi connectivity index (χ1v) is 5.10. The topological polar surface area (TPSA) is 50.4 Å². The van der Waals surface area contributed by atoms with E-state index in [4.69, 9.17) is 9.52 Å². The zero-order chi connectivity index (χ0) is 11.4. The largest absolute Gasteiger partial charge is 0.481 e. The summed E-state index contributed by atoms with van der Waals surface area (Å²) in [6, 6.07) is 11.5. The lowest BCUT2D eigenvalue weighted by Crippen LogP contribution is -1.97. The van der Waals surface area contributed by atoms with Crippen LogP contribution >= 0.6 is 0 Å². The molecule has 1 aromatic heterocycles. The molecule has 0 bridgehead atoms. The fraction of sp³-hybridized carbons (Fsp3) is 0.154. The van der Waals surface area contributed by atoms with E-state index in [0.717, 1.165) is 16.9 Å². The normalized spacial score (nSPS) is 10.2. The van der Waals surface area contributed by atoms with Gasteiger partial charge in [0, 0.05) is 12.0 Å². The summed E-state index contributed by atoms with van der Waals surface area (Å²) in [7, 11) is 0. The highest BCUT2D eigenvalue weighted by Crippen LogP contribution is 2.21. The van der Waals surface area contributed by atoms with E-state index in [1.54, 1.807) is 6.26 Å². The van der Waals surface area contributed by atoms with Gasteiger partial charge in [-0.25, -0.2) is 0 Å². The van der Waals surface area contributed by atoms with E-state index in [1.807, 2.05) is 36.4 Å². The second kappa shape index (κ2) is 4.66. The number of benzene rings is 1. The van der Waals surface area contributed by atoms with Crippen molar-refractivity contribution < 1.29 is 14.3 Å². The molecule has 1 N–H and O–H groups in total. The van der Waals surface area contributed by atoms with Crippen LogP contribution in [-0.4, -0.2) is 11.1 Å². The Morgan fingerprint density at radius 1 is 1.25 bits per heavy atom. The number of aryl methyl sites for hydroxylation is 1. The Morgan fingerprint density at radius 2 is 2.12 bits per heavy atom. The van der Waals surface area contributed by atoms with Crippen LogP contribution in [0.2, 0.25) is 0 Å². The summed E-state index contributed by atoms with van der Waals surface area (Å²) in [5, 5.41) is 8.61. The quantitative estimate of drug-likeness (QED) is 0.854. The number of hydrogen-bond acceptors (Lipinski definition) is 2. The van der Waals surface area contributed by atoms with Gasteiger partial charge in [0.1, 0.15) is 5.76 Å². The molecular weight excluding hydrogens is 204 g/mol. The minimum atomic E-state index is -0.775. The van der Waals surface area contributed by atoms with Crippen molar-refractivity contribution in [1.29, 1.82) is 0 Å². The van der Waals surface area contributed by atoms with Crippen LogP contribution in [0.15, 0.2) is 47.1 Å². The Kier molecular flexibility index (Phi) is 3.05. The molecule has 0 saturated heterocycles. The number of aliphatic carboxylic acids is 1. The molecule has 0 saturated carbocycles. The van der Waals surface area contributed by atoms with E-state index in [1.165, 1.54) is 0 Å². The zero-order valence-electron chi connectivity index (χ0n) is 8.72. The lowest BCUT2D eigenvalue weighted by atomic mass is 10.1. The van der Waals surface area contributed by atoms with Crippen LogP contribution in [0.25, 0.3) is 11.3 Å². The van der Waals surface area contributed by atoms with Gasteiger partial charge < -0.3 is 9.52 Å². The molecule has 0 amide bonds. The summed E-state index contributed by atoms with van der Waals surface area (Å²) in [5.41, 5.74) is 1.99. The van der Waals surface area contributed by atoms with Crippen LogP contribution in [0, 0.1) is 0 Å². The Morgan fingerprint density at radius 3 is 2.81 bits per heavy atom. The molecule has 3 heteroatoms. The average molecular weight is 216 g/mol. The van der Waals surface area contributed by atoms with Crippen LogP contribution in [0.4, 0.5) is 0 Å². The number of rotatable bonds is 4. The predicted molar refractivity (Wildman–Crippen MR) is 60.1 cm³/mol. The van der Waals surface area contributed by atoms with Gasteiger partial charge >= 0.3 is 5.97 Å². The first-order valence-electron chi connectivity index (χ1n) is 5.10. The van der Waals surface area contributed by atoms with Gasteiger partial charge in [0.15, 0.2) is 0 Å².